The van der Waals surface area contributed by atoms with Crippen molar-refractivity contribution in [2.75, 3.05) is 38.8 Å². The number of hydrogen-bond acceptors (Lipinski definition) is 4. The fourth-order valence-corrected chi connectivity index (χ4v) is 2.82. The molecule has 0 radical (unpaired) electrons. The van der Waals surface area contributed by atoms with Crippen LogP contribution in [0.15, 0.2) is 47.5 Å². The lowest BCUT2D eigenvalue weighted by atomic mass is 10.2. The van der Waals surface area contributed by atoms with Crippen molar-refractivity contribution >= 4 is 11.6 Å². The number of hydrogen-bond donors (Lipinski definition) is 2. The number of benzene rings is 2. The third-order valence-corrected chi connectivity index (χ3v) is 4.32. The molecule has 0 spiro atoms. The Morgan fingerprint density at radius 2 is 1.89 bits per heavy atom. The minimum atomic E-state index is 0.435. The van der Waals surface area contributed by atoms with Crippen LogP contribution in [0.2, 0.25) is 0 Å². The molecule has 6 heteroatoms. The molecule has 6 nitrogen and oxygen atoms in total. The molecule has 146 valence electrons. The lowest BCUT2D eigenvalue weighted by Gasteiger charge is -2.23. The number of methoxy groups -OCH3 is 2. The molecule has 2 aromatic carbocycles. The van der Waals surface area contributed by atoms with Gasteiger partial charge in [-0.3, -0.25) is 0 Å². The summed E-state index contributed by atoms with van der Waals surface area (Å²) in [5.74, 6) is 1.82. The number of aliphatic imine (C=N–C) groups is 1. The average Bonchev–Trinajstić information content (AvgIpc) is 2.69. The zero-order valence-corrected chi connectivity index (χ0v) is 16.7. The number of ether oxygens (including phenoxy) is 2. The van der Waals surface area contributed by atoms with Crippen molar-refractivity contribution in [1.82, 2.24) is 5.32 Å². The van der Waals surface area contributed by atoms with E-state index in [4.69, 9.17) is 15.2 Å². The summed E-state index contributed by atoms with van der Waals surface area (Å²) in [4.78, 5) is 6.71. The van der Waals surface area contributed by atoms with Gasteiger partial charge in [-0.1, -0.05) is 18.2 Å². The van der Waals surface area contributed by atoms with Crippen molar-refractivity contribution in [3.8, 4) is 11.5 Å². The van der Waals surface area contributed by atoms with Gasteiger partial charge in [0.1, 0.15) is 0 Å². The molecule has 0 unspecified atom stereocenters. The largest absolute Gasteiger partial charge is 0.493 e. The summed E-state index contributed by atoms with van der Waals surface area (Å²) in [5.41, 5.74) is 9.49. The summed E-state index contributed by atoms with van der Waals surface area (Å²) < 4.78 is 10.6. The highest BCUT2D eigenvalue weighted by Crippen LogP contribution is 2.27. The third-order valence-electron chi connectivity index (χ3n) is 4.32. The maximum Gasteiger partial charge on any atom is 0.188 e. The maximum atomic E-state index is 6.00. The molecular weight excluding hydrogens is 340 g/mol. The van der Waals surface area contributed by atoms with E-state index in [2.05, 4.69) is 53.3 Å². The molecule has 2 aromatic rings. The van der Waals surface area contributed by atoms with Crippen molar-refractivity contribution in [1.29, 1.82) is 0 Å². The van der Waals surface area contributed by atoms with Gasteiger partial charge in [-0.05, 0) is 49.2 Å². The number of nitrogens with zero attached hydrogens (tertiary/aromatic N) is 2. The molecule has 0 aliphatic rings. The number of nitrogens with two attached hydrogens (primary N) is 1. The Hall–Kier alpha value is -2.89. The predicted octanol–water partition coefficient (Wildman–Crippen LogP) is 2.94. The number of nitrogens with one attached hydrogen (secondary N) is 1. The summed E-state index contributed by atoms with van der Waals surface area (Å²) in [5, 5.41) is 3.18. The van der Waals surface area contributed by atoms with Crippen LogP contribution in [0.4, 0.5) is 5.69 Å². The fraction of sp³-hybridized carbons (Fsp3) is 0.381. The zero-order valence-electron chi connectivity index (χ0n) is 16.7. The van der Waals surface area contributed by atoms with Gasteiger partial charge in [-0.2, -0.15) is 0 Å². The van der Waals surface area contributed by atoms with Crippen LogP contribution in [0.5, 0.6) is 11.5 Å². The van der Waals surface area contributed by atoms with Crippen LogP contribution in [-0.2, 0) is 6.54 Å². The van der Waals surface area contributed by atoms with Crippen molar-refractivity contribution < 1.29 is 9.47 Å². The van der Waals surface area contributed by atoms with E-state index in [0.29, 0.717) is 24.0 Å². The standard InChI is InChI=1S/C21H30N4O2/c1-5-25(18-8-6-7-16(2)13-18)12-11-23-21(22)24-15-17-9-10-19(26-3)20(14-17)27-4/h6-10,13-14H,5,11-12,15H2,1-4H3,(H3,22,23,24). The van der Waals surface area contributed by atoms with Crippen molar-refractivity contribution in [3.63, 3.8) is 0 Å². The molecule has 2 rings (SSSR count). The van der Waals surface area contributed by atoms with Crippen LogP contribution in [-0.4, -0.2) is 39.8 Å². The van der Waals surface area contributed by atoms with E-state index in [1.807, 2.05) is 18.2 Å². The van der Waals surface area contributed by atoms with E-state index >= 15 is 0 Å². The van der Waals surface area contributed by atoms with Crippen molar-refractivity contribution in [2.45, 2.75) is 20.4 Å². The first-order valence-corrected chi connectivity index (χ1v) is 9.13. The zero-order chi connectivity index (χ0) is 19.6. The molecule has 0 aromatic heterocycles. The van der Waals surface area contributed by atoms with Crippen LogP contribution >= 0.6 is 0 Å². The molecular formula is C21H30N4O2. The summed E-state index contributed by atoms with van der Waals surface area (Å²) in [6.45, 7) is 7.25. The lowest BCUT2D eigenvalue weighted by Crippen LogP contribution is -2.38. The highest BCUT2D eigenvalue weighted by molar-refractivity contribution is 5.77. The normalized spacial score (nSPS) is 11.2. The van der Waals surface area contributed by atoms with E-state index in [0.717, 1.165) is 25.2 Å². The minimum Gasteiger partial charge on any atom is -0.493 e. The van der Waals surface area contributed by atoms with Crippen molar-refractivity contribution in [3.05, 3.63) is 53.6 Å². The maximum absolute atomic E-state index is 6.00. The Balaban J connectivity index is 1.86. The summed E-state index contributed by atoms with van der Waals surface area (Å²) in [6.07, 6.45) is 0. The topological polar surface area (TPSA) is 72.1 Å². The number of rotatable bonds is 9. The molecule has 27 heavy (non-hydrogen) atoms. The second-order valence-electron chi connectivity index (χ2n) is 6.24. The molecule has 0 saturated heterocycles. The second-order valence-corrected chi connectivity index (χ2v) is 6.24. The number of anilines is 1. The molecule has 3 N–H and O–H groups in total. The molecule has 0 aliphatic carbocycles. The second kappa shape index (κ2) is 10.3. The van der Waals surface area contributed by atoms with E-state index in [-0.39, 0.29) is 0 Å². The molecule has 0 atom stereocenters. The fourth-order valence-electron chi connectivity index (χ4n) is 2.82. The van der Waals surface area contributed by atoms with E-state index < -0.39 is 0 Å². The molecule has 0 fully saturated rings. The summed E-state index contributed by atoms with van der Waals surface area (Å²) >= 11 is 0. The van der Waals surface area contributed by atoms with E-state index in [1.165, 1.54) is 11.3 Å². The molecule has 0 amide bonds. The van der Waals surface area contributed by atoms with Gasteiger partial charge < -0.3 is 25.4 Å². The van der Waals surface area contributed by atoms with Crippen LogP contribution in [0.3, 0.4) is 0 Å². The highest BCUT2D eigenvalue weighted by atomic mass is 16.5. The van der Waals surface area contributed by atoms with Gasteiger partial charge in [0.2, 0.25) is 0 Å². The molecule has 0 bridgehead atoms. The van der Waals surface area contributed by atoms with Gasteiger partial charge in [0, 0.05) is 25.3 Å². The lowest BCUT2D eigenvalue weighted by molar-refractivity contribution is 0.354. The van der Waals surface area contributed by atoms with E-state index in [1.54, 1.807) is 14.2 Å². The van der Waals surface area contributed by atoms with Crippen LogP contribution in [0.25, 0.3) is 0 Å². The Morgan fingerprint density at radius 3 is 2.56 bits per heavy atom. The van der Waals surface area contributed by atoms with Crippen LogP contribution in [0, 0.1) is 6.92 Å². The third kappa shape index (κ3) is 6.09. The summed E-state index contributed by atoms with van der Waals surface area (Å²) in [6, 6.07) is 14.2. The smallest absolute Gasteiger partial charge is 0.188 e. The van der Waals surface area contributed by atoms with Gasteiger partial charge in [0.25, 0.3) is 0 Å². The van der Waals surface area contributed by atoms with Gasteiger partial charge in [0.15, 0.2) is 17.5 Å². The van der Waals surface area contributed by atoms with Gasteiger partial charge in [0.05, 0.1) is 20.8 Å². The monoisotopic (exact) mass is 370 g/mol. The van der Waals surface area contributed by atoms with Crippen LogP contribution in [0.1, 0.15) is 18.1 Å². The SMILES string of the molecule is CCN(CCNC(N)=NCc1ccc(OC)c(OC)c1)c1cccc(C)c1. The quantitative estimate of drug-likeness (QED) is 0.524. The first kappa shape index (κ1) is 20.4. The summed E-state index contributed by atoms with van der Waals surface area (Å²) in [7, 11) is 3.24. The van der Waals surface area contributed by atoms with Gasteiger partial charge >= 0.3 is 0 Å². The van der Waals surface area contributed by atoms with E-state index in [9.17, 15) is 0 Å². The molecule has 0 aliphatic heterocycles. The van der Waals surface area contributed by atoms with Crippen LogP contribution < -0.4 is 25.4 Å². The number of likely N-dealkylation sites (N-methyl/N-ethyl adjacent to an activating group) is 1. The Bertz CT molecular complexity index is 762. The Kier molecular flexibility index (Phi) is 7.79. The van der Waals surface area contributed by atoms with Gasteiger partial charge in [-0.15, -0.1) is 0 Å². The first-order chi connectivity index (χ1) is 13.1. The molecule has 0 saturated carbocycles. The predicted molar refractivity (Wildman–Crippen MR) is 112 cm³/mol. The Labute approximate surface area is 162 Å². The average molecular weight is 370 g/mol. The molecule has 0 heterocycles. The van der Waals surface area contributed by atoms with Gasteiger partial charge in [-0.25, -0.2) is 4.99 Å². The minimum absolute atomic E-state index is 0.435. The van der Waals surface area contributed by atoms with Crippen molar-refractivity contribution in [2.24, 2.45) is 10.7 Å². The first-order valence-electron chi connectivity index (χ1n) is 9.13. The highest BCUT2D eigenvalue weighted by Gasteiger charge is 2.06. The Morgan fingerprint density at radius 1 is 1.11 bits per heavy atom. The number of aryl methyl sites for hydroxylation is 1. The number of guanidine groups is 1.